The molecule has 0 unspecified atom stereocenters. The molecule has 0 radical (unpaired) electrons. The Kier molecular flexibility index (Phi) is 7.04. The smallest absolute Gasteiger partial charge is 0.311 e. The third-order valence-electron chi connectivity index (χ3n) is 4.63. The predicted molar refractivity (Wildman–Crippen MR) is 121 cm³/mol. The van der Waals surface area contributed by atoms with E-state index in [0.29, 0.717) is 34.2 Å². The molecule has 8 nitrogen and oxygen atoms in total. The van der Waals surface area contributed by atoms with Crippen LogP contribution in [0.4, 0.5) is 10.1 Å². The van der Waals surface area contributed by atoms with Crippen LogP contribution in [-0.4, -0.2) is 34.5 Å². The lowest BCUT2D eigenvalue weighted by molar-refractivity contribution is -0.386. The van der Waals surface area contributed by atoms with Crippen LogP contribution in [0.15, 0.2) is 42.1 Å². The number of nitro benzene ring substituents is 1. The molecule has 3 rings (SSSR count). The van der Waals surface area contributed by atoms with Crippen LogP contribution in [0.2, 0.25) is 0 Å². The van der Waals surface area contributed by atoms with Gasteiger partial charge < -0.3 is 14.8 Å². The summed E-state index contributed by atoms with van der Waals surface area (Å²) in [6.07, 6.45) is 1.66. The molecule has 0 aromatic heterocycles. The Labute approximate surface area is 189 Å². The minimum atomic E-state index is -0.649. The number of thiocarbonyl (C=S) groups is 1. The number of carbonyl (C=O) groups is 1. The van der Waals surface area contributed by atoms with Gasteiger partial charge in [0.2, 0.25) is 0 Å². The average Bonchev–Trinajstić information content (AvgIpc) is 2.99. The van der Waals surface area contributed by atoms with Gasteiger partial charge in [0.15, 0.2) is 10.9 Å². The molecule has 1 amide bonds. The fourth-order valence-corrected chi connectivity index (χ4v) is 3.45. The van der Waals surface area contributed by atoms with Crippen LogP contribution in [-0.2, 0) is 11.4 Å². The molecule has 0 saturated carbocycles. The number of ether oxygens (including phenoxy) is 2. The number of hydrogen-bond donors (Lipinski definition) is 1. The number of halogens is 1. The third kappa shape index (κ3) is 5.20. The van der Waals surface area contributed by atoms with Crippen molar-refractivity contribution < 1.29 is 23.6 Å². The molecular weight excluding hydrogens is 437 g/mol. The van der Waals surface area contributed by atoms with Gasteiger partial charge >= 0.3 is 5.69 Å². The normalized spacial score (nSPS) is 14.8. The van der Waals surface area contributed by atoms with Crippen LogP contribution in [0, 0.1) is 21.8 Å². The first-order chi connectivity index (χ1) is 15.2. The Morgan fingerprint density at radius 2 is 2.00 bits per heavy atom. The summed E-state index contributed by atoms with van der Waals surface area (Å²) in [4.78, 5) is 24.7. The number of nitro groups is 1. The summed E-state index contributed by atoms with van der Waals surface area (Å²) in [5, 5.41) is 14.5. The Balaban J connectivity index is 1.85. The molecule has 1 saturated heterocycles. The van der Waals surface area contributed by atoms with Crippen molar-refractivity contribution in [1.29, 1.82) is 0 Å². The zero-order valence-electron chi connectivity index (χ0n) is 17.8. The second-order valence-corrected chi connectivity index (χ2v) is 7.91. The summed E-state index contributed by atoms with van der Waals surface area (Å²) in [5.41, 5.74) is 1.23. The van der Waals surface area contributed by atoms with Gasteiger partial charge in [0.25, 0.3) is 5.91 Å². The molecule has 32 heavy (non-hydrogen) atoms. The van der Waals surface area contributed by atoms with Gasteiger partial charge in [-0.3, -0.25) is 19.8 Å². The molecule has 1 heterocycles. The van der Waals surface area contributed by atoms with Crippen molar-refractivity contribution in [3.8, 4) is 11.5 Å². The van der Waals surface area contributed by atoms with Gasteiger partial charge in [-0.15, -0.1) is 0 Å². The van der Waals surface area contributed by atoms with E-state index in [1.165, 1.54) is 12.0 Å². The summed E-state index contributed by atoms with van der Waals surface area (Å²) in [6, 6.07) is 8.17. The number of benzene rings is 2. The maximum Gasteiger partial charge on any atom is 0.311 e. The summed E-state index contributed by atoms with van der Waals surface area (Å²) in [6.45, 7) is 4.40. The van der Waals surface area contributed by atoms with E-state index in [2.05, 4.69) is 5.32 Å². The van der Waals surface area contributed by atoms with E-state index < -0.39 is 10.7 Å². The highest BCUT2D eigenvalue weighted by Gasteiger charge is 2.30. The van der Waals surface area contributed by atoms with Gasteiger partial charge in [-0.2, -0.15) is 0 Å². The zero-order chi connectivity index (χ0) is 23.4. The first-order valence-corrected chi connectivity index (χ1v) is 10.2. The number of amides is 1. The molecule has 1 aliphatic heterocycles. The highest BCUT2D eigenvalue weighted by atomic mass is 32.1. The van der Waals surface area contributed by atoms with Crippen molar-refractivity contribution in [2.75, 3.05) is 13.7 Å². The van der Waals surface area contributed by atoms with E-state index in [4.69, 9.17) is 21.7 Å². The van der Waals surface area contributed by atoms with Crippen LogP contribution in [0.25, 0.3) is 6.08 Å². The molecule has 0 spiro atoms. The molecule has 168 valence electrons. The fraction of sp³-hybridized carbons (Fsp3) is 0.273. The number of nitrogens with one attached hydrogen (secondary N) is 1. The number of methoxy groups -OCH3 is 1. The van der Waals surface area contributed by atoms with Crippen molar-refractivity contribution in [1.82, 2.24) is 10.2 Å². The van der Waals surface area contributed by atoms with E-state index in [9.17, 15) is 19.3 Å². The Hall–Kier alpha value is -3.53. The molecule has 2 aromatic carbocycles. The Morgan fingerprint density at radius 1 is 1.25 bits per heavy atom. The topological polar surface area (TPSA) is 93.9 Å². The Bertz CT molecular complexity index is 1100. The van der Waals surface area contributed by atoms with E-state index in [1.54, 1.807) is 24.3 Å². The fourth-order valence-electron chi connectivity index (χ4n) is 3.18. The largest absolute Gasteiger partial charge is 0.496 e. The lowest BCUT2D eigenvalue weighted by atomic mass is 10.1. The maximum atomic E-state index is 13.6. The molecule has 1 N–H and O–H groups in total. The lowest BCUT2D eigenvalue weighted by Crippen LogP contribution is -2.33. The minimum Gasteiger partial charge on any atom is -0.496 e. The lowest BCUT2D eigenvalue weighted by Gasteiger charge is -2.16. The van der Waals surface area contributed by atoms with Crippen LogP contribution in [0.5, 0.6) is 11.5 Å². The van der Waals surface area contributed by atoms with Crippen molar-refractivity contribution in [2.45, 2.75) is 20.5 Å². The van der Waals surface area contributed by atoms with Crippen molar-refractivity contribution in [3.05, 3.63) is 69.2 Å². The highest BCUT2D eigenvalue weighted by Crippen LogP contribution is 2.30. The standard InChI is InChI=1S/C22H22FN3O5S/c1-13(2)11-25-21(27)17(24-22(25)32)9-14-4-7-19(30-3)15(8-14)12-31-20-10-16(23)5-6-18(20)26(28)29/h4-10,13H,11-12H2,1-3H3,(H,24,32)/b17-9+. The van der Waals surface area contributed by atoms with Crippen LogP contribution in [0.1, 0.15) is 25.0 Å². The molecule has 1 fully saturated rings. The summed E-state index contributed by atoms with van der Waals surface area (Å²) in [5.74, 6) is -0.317. The molecule has 10 heteroatoms. The van der Waals surface area contributed by atoms with Gasteiger partial charge in [-0.05, 0) is 48.0 Å². The van der Waals surface area contributed by atoms with Gasteiger partial charge in [-0.1, -0.05) is 19.9 Å². The SMILES string of the molecule is COc1ccc(/C=C2/NC(=S)N(CC(C)C)C2=O)cc1COc1cc(F)ccc1[N+](=O)[O-]. The molecule has 1 aliphatic rings. The number of nitrogens with zero attached hydrogens (tertiary/aromatic N) is 2. The van der Waals surface area contributed by atoms with Crippen LogP contribution in [0.3, 0.4) is 0 Å². The average molecular weight is 459 g/mol. The monoisotopic (exact) mass is 459 g/mol. The van der Waals surface area contributed by atoms with E-state index in [0.717, 1.165) is 18.2 Å². The minimum absolute atomic E-state index is 0.107. The van der Waals surface area contributed by atoms with E-state index in [-0.39, 0.29) is 29.9 Å². The number of rotatable bonds is 8. The summed E-state index contributed by atoms with van der Waals surface area (Å²) >= 11 is 5.26. The van der Waals surface area contributed by atoms with Gasteiger partial charge in [0, 0.05) is 24.2 Å². The van der Waals surface area contributed by atoms with Crippen molar-refractivity contribution in [2.24, 2.45) is 5.92 Å². The molecule has 2 aromatic rings. The van der Waals surface area contributed by atoms with Crippen LogP contribution >= 0.6 is 12.2 Å². The third-order valence-corrected chi connectivity index (χ3v) is 4.95. The van der Waals surface area contributed by atoms with E-state index in [1.807, 2.05) is 13.8 Å². The van der Waals surface area contributed by atoms with Gasteiger partial charge in [-0.25, -0.2) is 4.39 Å². The number of hydrogen-bond acceptors (Lipinski definition) is 6. The number of carbonyl (C=O) groups excluding carboxylic acids is 1. The molecule has 0 atom stereocenters. The predicted octanol–water partition coefficient (Wildman–Crippen LogP) is 4.04. The molecule has 0 aliphatic carbocycles. The summed E-state index contributed by atoms with van der Waals surface area (Å²) < 4.78 is 24.4. The maximum absolute atomic E-state index is 13.6. The van der Waals surface area contributed by atoms with E-state index >= 15 is 0 Å². The second kappa shape index (κ2) is 9.73. The van der Waals surface area contributed by atoms with Crippen LogP contribution < -0.4 is 14.8 Å². The van der Waals surface area contributed by atoms with Gasteiger partial charge in [0.05, 0.1) is 12.0 Å². The van der Waals surface area contributed by atoms with Gasteiger partial charge in [0.1, 0.15) is 23.9 Å². The van der Waals surface area contributed by atoms with Crippen molar-refractivity contribution >= 4 is 35.0 Å². The molecule has 0 bridgehead atoms. The first-order valence-electron chi connectivity index (χ1n) is 9.77. The zero-order valence-corrected chi connectivity index (χ0v) is 18.6. The molecular formula is C22H22FN3O5S. The highest BCUT2D eigenvalue weighted by molar-refractivity contribution is 7.80. The summed E-state index contributed by atoms with van der Waals surface area (Å²) in [7, 11) is 1.48. The first kappa shape index (κ1) is 23.1. The Morgan fingerprint density at radius 3 is 2.66 bits per heavy atom. The second-order valence-electron chi connectivity index (χ2n) is 7.53. The quantitative estimate of drug-likeness (QED) is 0.276. The van der Waals surface area contributed by atoms with Crippen molar-refractivity contribution in [3.63, 3.8) is 0 Å².